The van der Waals surface area contributed by atoms with E-state index in [9.17, 15) is 10.1 Å². The van der Waals surface area contributed by atoms with Crippen molar-refractivity contribution in [2.24, 2.45) is 11.1 Å². The average Bonchev–Trinajstić information content (AvgIpc) is 2.53. The van der Waals surface area contributed by atoms with Crippen LogP contribution in [0.5, 0.6) is 0 Å². The second-order valence-electron chi connectivity index (χ2n) is 8.21. The topological polar surface area (TPSA) is 73.4 Å². The van der Waals surface area contributed by atoms with Crippen molar-refractivity contribution < 1.29 is 4.79 Å². The van der Waals surface area contributed by atoms with Gasteiger partial charge in [-0.15, -0.1) is 0 Å². The first-order valence-corrected chi connectivity index (χ1v) is 8.86. The van der Waals surface area contributed by atoms with Gasteiger partial charge in [0.2, 0.25) is 0 Å². The van der Waals surface area contributed by atoms with Gasteiger partial charge in [-0.3, -0.25) is 9.80 Å². The molecule has 0 saturated carbocycles. The third-order valence-corrected chi connectivity index (χ3v) is 5.16. The normalized spacial score (nSPS) is 22.6. The number of aryl methyl sites for hydroxylation is 1. The fraction of sp³-hybridized carbons (Fsp3) is 0.429. The van der Waals surface area contributed by atoms with Gasteiger partial charge in [0.15, 0.2) is 5.78 Å². The Labute approximate surface area is 155 Å². The molecule has 5 heteroatoms. The Bertz CT molecular complexity index is 853. The molecule has 0 amide bonds. The first-order chi connectivity index (χ1) is 12.2. The molecular weight excluding hydrogens is 324 g/mol. The molecule has 0 radical (unpaired) electrons. The summed E-state index contributed by atoms with van der Waals surface area (Å²) in [7, 11) is 3.76. The lowest BCUT2D eigenvalue weighted by atomic mass is 9.69. The van der Waals surface area contributed by atoms with Crippen LogP contribution in [0.15, 0.2) is 46.9 Å². The molecule has 1 aliphatic carbocycles. The van der Waals surface area contributed by atoms with Crippen LogP contribution in [0.4, 0.5) is 0 Å². The van der Waals surface area contributed by atoms with Crippen molar-refractivity contribution in [3.63, 3.8) is 0 Å². The van der Waals surface area contributed by atoms with Crippen molar-refractivity contribution in [1.29, 1.82) is 5.26 Å². The minimum absolute atomic E-state index is 0.105. The Morgan fingerprint density at radius 1 is 1.23 bits per heavy atom. The lowest BCUT2D eigenvalue weighted by Gasteiger charge is -2.45. The third kappa shape index (κ3) is 2.91. The van der Waals surface area contributed by atoms with Crippen LogP contribution in [-0.4, -0.2) is 29.9 Å². The summed E-state index contributed by atoms with van der Waals surface area (Å²) in [6.07, 6.45) is 1.22. The highest BCUT2D eigenvalue weighted by molar-refractivity contribution is 6.00. The van der Waals surface area contributed by atoms with E-state index in [1.807, 2.05) is 55.3 Å². The Balaban J connectivity index is 2.27. The van der Waals surface area contributed by atoms with E-state index in [4.69, 9.17) is 5.73 Å². The number of allylic oxidation sites excluding steroid dienone is 3. The molecule has 2 N–H and O–H groups in total. The number of hydrazine groups is 1. The van der Waals surface area contributed by atoms with Gasteiger partial charge in [0.25, 0.3) is 0 Å². The Morgan fingerprint density at radius 2 is 1.85 bits per heavy atom. The minimum Gasteiger partial charge on any atom is -0.383 e. The van der Waals surface area contributed by atoms with Gasteiger partial charge in [0.1, 0.15) is 5.82 Å². The van der Waals surface area contributed by atoms with E-state index in [0.717, 1.165) is 23.2 Å². The summed E-state index contributed by atoms with van der Waals surface area (Å²) in [4.78, 5) is 13.2. The van der Waals surface area contributed by atoms with E-state index in [1.54, 1.807) is 0 Å². The quantitative estimate of drug-likeness (QED) is 0.886. The number of nitrogens with zero attached hydrogens (tertiary/aromatic N) is 3. The van der Waals surface area contributed by atoms with Gasteiger partial charge in [-0.25, -0.2) is 5.01 Å². The highest BCUT2D eigenvalue weighted by Gasteiger charge is 2.44. The van der Waals surface area contributed by atoms with Crippen LogP contribution in [-0.2, 0) is 4.79 Å². The monoisotopic (exact) mass is 350 g/mol. The van der Waals surface area contributed by atoms with Gasteiger partial charge in [0.05, 0.1) is 17.6 Å². The molecule has 1 aliphatic heterocycles. The molecule has 26 heavy (non-hydrogen) atoms. The molecule has 0 unspecified atom stereocenters. The van der Waals surface area contributed by atoms with E-state index >= 15 is 0 Å². The SMILES string of the molecule is Cc1ccc([C@@H]2C(C#N)=C(N)N(N(C)C)C3=C2C(=O)CC(C)(C)C3)cc1. The smallest absolute Gasteiger partial charge is 0.162 e. The molecule has 1 heterocycles. The number of hydrogen-bond donors (Lipinski definition) is 1. The minimum atomic E-state index is -0.393. The van der Waals surface area contributed by atoms with E-state index < -0.39 is 5.92 Å². The van der Waals surface area contributed by atoms with Crippen molar-refractivity contribution in [2.75, 3.05) is 14.1 Å². The molecule has 0 saturated heterocycles. The average molecular weight is 350 g/mol. The lowest BCUT2D eigenvalue weighted by molar-refractivity contribution is -0.119. The maximum absolute atomic E-state index is 13.2. The largest absolute Gasteiger partial charge is 0.383 e. The second kappa shape index (κ2) is 6.30. The van der Waals surface area contributed by atoms with Gasteiger partial charge in [-0.2, -0.15) is 5.26 Å². The van der Waals surface area contributed by atoms with Crippen molar-refractivity contribution in [3.05, 3.63) is 58.1 Å². The first-order valence-electron chi connectivity index (χ1n) is 8.86. The Morgan fingerprint density at radius 3 is 2.38 bits per heavy atom. The number of benzene rings is 1. The molecule has 0 fully saturated rings. The van der Waals surface area contributed by atoms with Crippen LogP contribution in [0.25, 0.3) is 0 Å². The van der Waals surface area contributed by atoms with Crippen molar-refractivity contribution in [2.45, 2.75) is 39.5 Å². The fourth-order valence-corrected chi connectivity index (χ4v) is 4.04. The number of nitriles is 1. The number of hydrogen-bond acceptors (Lipinski definition) is 5. The maximum Gasteiger partial charge on any atom is 0.162 e. The predicted molar refractivity (Wildman–Crippen MR) is 101 cm³/mol. The first kappa shape index (κ1) is 18.2. The molecule has 1 aromatic carbocycles. The Kier molecular flexibility index (Phi) is 4.41. The van der Waals surface area contributed by atoms with Crippen LogP contribution < -0.4 is 5.73 Å². The molecule has 0 aromatic heterocycles. The lowest BCUT2D eigenvalue weighted by Crippen LogP contribution is -2.47. The third-order valence-electron chi connectivity index (χ3n) is 5.16. The van der Waals surface area contributed by atoms with Crippen LogP contribution in [0.3, 0.4) is 0 Å². The van der Waals surface area contributed by atoms with Crippen LogP contribution in [0.1, 0.15) is 43.7 Å². The molecule has 2 aliphatic rings. The van der Waals surface area contributed by atoms with Crippen LogP contribution in [0.2, 0.25) is 0 Å². The number of rotatable bonds is 2. The summed E-state index contributed by atoms with van der Waals surface area (Å²) >= 11 is 0. The molecule has 3 rings (SSSR count). The van der Waals surface area contributed by atoms with Crippen LogP contribution >= 0.6 is 0 Å². The molecule has 136 valence electrons. The molecule has 1 aromatic rings. The van der Waals surface area contributed by atoms with Gasteiger partial charge < -0.3 is 5.73 Å². The highest BCUT2D eigenvalue weighted by Crippen LogP contribution is 2.49. The number of ketones is 1. The predicted octanol–water partition coefficient (Wildman–Crippen LogP) is 3.21. The number of Topliss-reactive ketones (excluding diaryl/α,β-unsaturated/α-hetero) is 1. The summed E-state index contributed by atoms with van der Waals surface area (Å²) in [5, 5.41) is 13.5. The molecular formula is C21H26N4O. The number of nitrogens with two attached hydrogens (primary N) is 1. The van der Waals surface area contributed by atoms with Gasteiger partial charge in [0, 0.05) is 31.8 Å². The van der Waals surface area contributed by atoms with E-state index in [2.05, 4.69) is 19.9 Å². The van der Waals surface area contributed by atoms with Gasteiger partial charge >= 0.3 is 0 Å². The molecule has 1 atom stereocenters. The zero-order chi connectivity index (χ0) is 19.2. The Hall–Kier alpha value is -2.58. The molecule has 0 bridgehead atoms. The summed E-state index contributed by atoms with van der Waals surface area (Å²) < 4.78 is 0. The summed E-state index contributed by atoms with van der Waals surface area (Å²) in [6.45, 7) is 6.22. The maximum atomic E-state index is 13.2. The van der Waals surface area contributed by atoms with E-state index in [0.29, 0.717) is 23.4 Å². The zero-order valence-electron chi connectivity index (χ0n) is 16.1. The standard InChI is InChI=1S/C21H26N4O/c1-13-6-8-14(9-7-13)18-15(12-22)20(23)25(24(4)5)16-10-21(2,3)11-17(26)19(16)18/h6-9,18H,10-11,23H2,1-5H3/t18-/m1/s1. The number of carbonyl (C=O) groups excluding carboxylic acids is 1. The van der Waals surface area contributed by atoms with E-state index in [-0.39, 0.29) is 11.2 Å². The van der Waals surface area contributed by atoms with Crippen molar-refractivity contribution in [1.82, 2.24) is 10.0 Å². The summed E-state index contributed by atoms with van der Waals surface area (Å²) in [5.41, 5.74) is 10.4. The highest BCUT2D eigenvalue weighted by atomic mass is 16.1. The van der Waals surface area contributed by atoms with Crippen molar-refractivity contribution in [3.8, 4) is 6.07 Å². The zero-order valence-corrected chi connectivity index (χ0v) is 16.1. The van der Waals surface area contributed by atoms with E-state index in [1.165, 1.54) is 0 Å². The van der Waals surface area contributed by atoms with Gasteiger partial charge in [-0.1, -0.05) is 43.7 Å². The van der Waals surface area contributed by atoms with Crippen molar-refractivity contribution >= 4 is 5.78 Å². The molecule has 0 spiro atoms. The summed E-state index contributed by atoms with van der Waals surface area (Å²) in [5.74, 6) is 0.122. The van der Waals surface area contributed by atoms with Crippen LogP contribution in [0, 0.1) is 23.7 Å². The summed E-state index contributed by atoms with van der Waals surface area (Å²) in [6, 6.07) is 10.3. The molecule has 5 nitrogen and oxygen atoms in total. The number of carbonyl (C=O) groups is 1. The second-order valence-corrected chi connectivity index (χ2v) is 8.21. The van der Waals surface area contributed by atoms with Gasteiger partial charge in [-0.05, 0) is 24.3 Å². The fourth-order valence-electron chi connectivity index (χ4n) is 4.04.